The van der Waals surface area contributed by atoms with Gasteiger partial charge < -0.3 is 9.47 Å². The van der Waals surface area contributed by atoms with Crippen LogP contribution >= 0.6 is 0 Å². The predicted molar refractivity (Wildman–Crippen MR) is 59.2 cm³/mol. The van der Waals surface area contributed by atoms with Crippen LogP contribution in [0.1, 0.15) is 11.6 Å². The monoisotopic (exact) mass is 228 g/mol. The van der Waals surface area contributed by atoms with Gasteiger partial charge in [-0.3, -0.25) is 11.3 Å². The fourth-order valence-corrected chi connectivity index (χ4v) is 1.31. The smallest absolute Gasteiger partial charge is 0.123 e. The van der Waals surface area contributed by atoms with E-state index in [1.807, 2.05) is 0 Å². The summed E-state index contributed by atoms with van der Waals surface area (Å²) in [6, 6.07) is 6.05. The minimum absolute atomic E-state index is 0.215. The first-order valence-corrected chi connectivity index (χ1v) is 5.06. The fraction of sp³-hybridized carbons (Fsp3) is 0.455. The molecule has 0 aliphatic carbocycles. The normalized spacial score (nSPS) is 12.7. The van der Waals surface area contributed by atoms with E-state index in [1.54, 1.807) is 19.2 Å². The summed E-state index contributed by atoms with van der Waals surface area (Å²) in [5.74, 6) is 5.10. The molecule has 0 aromatic heterocycles. The Balaban J connectivity index is 2.47. The van der Waals surface area contributed by atoms with E-state index in [9.17, 15) is 4.39 Å². The van der Waals surface area contributed by atoms with Crippen molar-refractivity contribution in [3.05, 3.63) is 35.6 Å². The Bertz CT molecular complexity index is 310. The SMILES string of the molecule is COCCOCC(NN)c1cccc(F)c1. The number of hydrogen-bond acceptors (Lipinski definition) is 4. The molecule has 0 amide bonds. The van der Waals surface area contributed by atoms with Crippen LogP contribution in [0.4, 0.5) is 4.39 Å². The maximum absolute atomic E-state index is 13.0. The molecule has 3 N–H and O–H groups in total. The highest BCUT2D eigenvalue weighted by molar-refractivity contribution is 5.20. The number of halogens is 1. The second kappa shape index (κ2) is 7.29. The molecule has 0 radical (unpaired) electrons. The molecule has 0 bridgehead atoms. The molecule has 0 aliphatic heterocycles. The van der Waals surface area contributed by atoms with E-state index in [4.69, 9.17) is 15.3 Å². The first-order chi connectivity index (χ1) is 7.77. The zero-order chi connectivity index (χ0) is 11.8. The fourth-order valence-electron chi connectivity index (χ4n) is 1.31. The van der Waals surface area contributed by atoms with Crippen molar-refractivity contribution >= 4 is 0 Å². The molecule has 0 heterocycles. The summed E-state index contributed by atoms with van der Waals surface area (Å²) in [5, 5.41) is 0. The first-order valence-electron chi connectivity index (χ1n) is 5.06. The highest BCUT2D eigenvalue weighted by atomic mass is 19.1. The van der Waals surface area contributed by atoms with Crippen LogP contribution in [0.2, 0.25) is 0 Å². The van der Waals surface area contributed by atoms with Gasteiger partial charge in [-0.1, -0.05) is 12.1 Å². The lowest BCUT2D eigenvalue weighted by molar-refractivity contribution is 0.0585. The quantitative estimate of drug-likeness (QED) is 0.415. The van der Waals surface area contributed by atoms with Crippen molar-refractivity contribution in [2.45, 2.75) is 6.04 Å². The lowest BCUT2D eigenvalue weighted by atomic mass is 10.1. The van der Waals surface area contributed by atoms with Crippen molar-refractivity contribution < 1.29 is 13.9 Å². The number of ether oxygens (including phenoxy) is 2. The van der Waals surface area contributed by atoms with E-state index in [2.05, 4.69) is 5.43 Å². The van der Waals surface area contributed by atoms with E-state index in [0.29, 0.717) is 19.8 Å². The van der Waals surface area contributed by atoms with Crippen molar-refractivity contribution in [3.8, 4) is 0 Å². The lowest BCUT2D eigenvalue weighted by Crippen LogP contribution is -2.31. The topological polar surface area (TPSA) is 56.5 Å². The number of benzene rings is 1. The molecule has 5 heteroatoms. The highest BCUT2D eigenvalue weighted by Gasteiger charge is 2.10. The number of hydrogen-bond donors (Lipinski definition) is 2. The molecule has 1 aromatic rings. The number of nitrogens with one attached hydrogen (secondary N) is 1. The Hall–Kier alpha value is -1.01. The molecule has 1 unspecified atom stereocenters. The second-order valence-corrected chi connectivity index (χ2v) is 3.34. The molecule has 0 saturated carbocycles. The van der Waals surface area contributed by atoms with Gasteiger partial charge in [-0.25, -0.2) is 4.39 Å². The van der Waals surface area contributed by atoms with Gasteiger partial charge in [0.2, 0.25) is 0 Å². The molecule has 0 fully saturated rings. The molecule has 4 nitrogen and oxygen atoms in total. The van der Waals surface area contributed by atoms with Gasteiger partial charge in [0.15, 0.2) is 0 Å². The maximum atomic E-state index is 13.0. The van der Waals surface area contributed by atoms with Crippen molar-refractivity contribution in [2.75, 3.05) is 26.9 Å². The summed E-state index contributed by atoms with van der Waals surface area (Å²) in [6.45, 7) is 1.40. The van der Waals surface area contributed by atoms with Gasteiger partial charge in [0.1, 0.15) is 5.82 Å². The minimum Gasteiger partial charge on any atom is -0.382 e. The van der Waals surface area contributed by atoms with Crippen LogP contribution in [0, 0.1) is 5.82 Å². The Kier molecular flexibility index (Phi) is 5.95. The van der Waals surface area contributed by atoms with Crippen LogP contribution < -0.4 is 11.3 Å². The van der Waals surface area contributed by atoms with Crippen LogP contribution in [-0.4, -0.2) is 26.9 Å². The van der Waals surface area contributed by atoms with Crippen molar-refractivity contribution in [1.29, 1.82) is 0 Å². The number of rotatable bonds is 7. The van der Waals surface area contributed by atoms with E-state index < -0.39 is 0 Å². The van der Waals surface area contributed by atoms with Gasteiger partial charge in [0.25, 0.3) is 0 Å². The first kappa shape index (κ1) is 13.1. The average Bonchev–Trinajstić information content (AvgIpc) is 2.29. The number of nitrogens with two attached hydrogens (primary N) is 1. The molecule has 1 rings (SSSR count). The van der Waals surface area contributed by atoms with Crippen LogP contribution in [0.3, 0.4) is 0 Å². The van der Waals surface area contributed by atoms with Gasteiger partial charge >= 0.3 is 0 Å². The molecule has 0 spiro atoms. The summed E-state index contributed by atoms with van der Waals surface area (Å²) >= 11 is 0. The van der Waals surface area contributed by atoms with Gasteiger partial charge in [-0.2, -0.15) is 0 Å². The van der Waals surface area contributed by atoms with Gasteiger partial charge in [0.05, 0.1) is 25.9 Å². The minimum atomic E-state index is -0.283. The van der Waals surface area contributed by atoms with E-state index in [-0.39, 0.29) is 11.9 Å². The van der Waals surface area contributed by atoms with Crippen molar-refractivity contribution in [1.82, 2.24) is 5.43 Å². The van der Waals surface area contributed by atoms with Crippen LogP contribution in [0.15, 0.2) is 24.3 Å². The highest BCUT2D eigenvalue weighted by Crippen LogP contribution is 2.13. The van der Waals surface area contributed by atoms with E-state index in [0.717, 1.165) is 5.56 Å². The summed E-state index contributed by atoms with van der Waals surface area (Å²) in [4.78, 5) is 0. The third-order valence-electron chi connectivity index (χ3n) is 2.17. The Morgan fingerprint density at radius 2 is 2.25 bits per heavy atom. The number of hydrazine groups is 1. The zero-order valence-electron chi connectivity index (χ0n) is 9.28. The summed E-state index contributed by atoms with van der Waals surface area (Å²) in [7, 11) is 1.61. The molecule has 90 valence electrons. The second-order valence-electron chi connectivity index (χ2n) is 3.34. The zero-order valence-corrected chi connectivity index (χ0v) is 9.28. The van der Waals surface area contributed by atoms with Gasteiger partial charge in [-0.15, -0.1) is 0 Å². The third-order valence-corrected chi connectivity index (χ3v) is 2.17. The van der Waals surface area contributed by atoms with E-state index >= 15 is 0 Å². The van der Waals surface area contributed by atoms with Gasteiger partial charge in [-0.05, 0) is 17.7 Å². The third kappa shape index (κ3) is 4.24. The summed E-state index contributed by atoms with van der Waals surface area (Å²) < 4.78 is 23.2. The van der Waals surface area contributed by atoms with Crippen LogP contribution in [0.5, 0.6) is 0 Å². The molecule has 0 saturated heterocycles. The molecular weight excluding hydrogens is 211 g/mol. The van der Waals surface area contributed by atoms with Crippen molar-refractivity contribution in [3.63, 3.8) is 0 Å². The largest absolute Gasteiger partial charge is 0.382 e. The van der Waals surface area contributed by atoms with Gasteiger partial charge in [0, 0.05) is 7.11 Å². The molecule has 16 heavy (non-hydrogen) atoms. The number of methoxy groups -OCH3 is 1. The summed E-state index contributed by atoms with van der Waals surface area (Å²) in [6.07, 6.45) is 0. The molecule has 1 aromatic carbocycles. The van der Waals surface area contributed by atoms with Crippen LogP contribution in [0.25, 0.3) is 0 Å². The summed E-state index contributed by atoms with van der Waals surface area (Å²) in [5.41, 5.74) is 3.35. The Morgan fingerprint density at radius 1 is 1.44 bits per heavy atom. The maximum Gasteiger partial charge on any atom is 0.123 e. The standard InChI is InChI=1S/C11H17FN2O2/c1-15-5-6-16-8-11(14-13)9-3-2-4-10(12)7-9/h2-4,7,11,14H,5-6,8,13H2,1H3. The average molecular weight is 228 g/mol. The Labute approximate surface area is 94.5 Å². The van der Waals surface area contributed by atoms with Crippen LogP contribution in [-0.2, 0) is 9.47 Å². The lowest BCUT2D eigenvalue weighted by Gasteiger charge is -2.16. The molecule has 0 aliphatic rings. The van der Waals surface area contributed by atoms with E-state index in [1.165, 1.54) is 12.1 Å². The Morgan fingerprint density at radius 3 is 2.88 bits per heavy atom. The molecular formula is C11H17FN2O2. The van der Waals surface area contributed by atoms with Crippen molar-refractivity contribution in [2.24, 2.45) is 5.84 Å². The molecule has 1 atom stereocenters. The predicted octanol–water partition coefficient (Wildman–Crippen LogP) is 0.993.